The van der Waals surface area contributed by atoms with Gasteiger partial charge >= 0.3 is 0 Å². The Morgan fingerprint density at radius 3 is 2.29 bits per heavy atom. The molecule has 0 fully saturated rings. The molecule has 2 aromatic rings. The van der Waals surface area contributed by atoms with Gasteiger partial charge in [-0.3, -0.25) is 0 Å². The second-order valence-electron chi connectivity index (χ2n) is 3.65. The minimum atomic E-state index is 0.682. The fourth-order valence-corrected chi connectivity index (χ4v) is 2.45. The maximum atomic E-state index is 8.71. The Kier molecular flexibility index (Phi) is 3.73. The van der Waals surface area contributed by atoms with Crippen LogP contribution in [0.15, 0.2) is 52.3 Å². The van der Waals surface area contributed by atoms with Gasteiger partial charge in [-0.05, 0) is 55.0 Å². The van der Waals surface area contributed by atoms with E-state index in [1.54, 1.807) is 11.8 Å². The summed E-state index contributed by atoms with van der Waals surface area (Å²) in [6.07, 6.45) is 0. The van der Waals surface area contributed by atoms with E-state index in [0.717, 1.165) is 20.4 Å². The van der Waals surface area contributed by atoms with Crippen LogP contribution in [-0.2, 0) is 0 Å². The Bertz CT molecular complexity index is 570. The smallest absolute Gasteiger partial charge is 0.0991 e. The highest BCUT2D eigenvalue weighted by Gasteiger charge is 2.00. The van der Waals surface area contributed by atoms with Crippen molar-refractivity contribution in [3.8, 4) is 6.07 Å². The van der Waals surface area contributed by atoms with Crippen molar-refractivity contribution >= 4 is 23.4 Å². The molecule has 0 aliphatic carbocycles. The van der Waals surface area contributed by atoms with Crippen LogP contribution in [0.5, 0.6) is 0 Å². The van der Waals surface area contributed by atoms with Crippen molar-refractivity contribution in [3.63, 3.8) is 0 Å². The lowest BCUT2D eigenvalue weighted by atomic mass is 10.2. The zero-order valence-electron chi connectivity index (χ0n) is 9.27. The number of halogens is 1. The van der Waals surface area contributed by atoms with Gasteiger partial charge in [0, 0.05) is 14.8 Å². The molecule has 0 unspecified atom stereocenters. The summed E-state index contributed by atoms with van der Waals surface area (Å²) in [5.74, 6) is 0. The fourth-order valence-electron chi connectivity index (χ4n) is 1.41. The van der Waals surface area contributed by atoms with Gasteiger partial charge in [-0.2, -0.15) is 5.26 Å². The zero-order valence-corrected chi connectivity index (χ0v) is 10.8. The molecule has 0 aromatic heterocycles. The summed E-state index contributed by atoms with van der Waals surface area (Å²) in [5, 5.41) is 9.50. The molecule has 0 saturated carbocycles. The molecule has 3 heteroatoms. The second-order valence-corrected chi connectivity index (χ2v) is 5.20. The van der Waals surface area contributed by atoms with Crippen LogP contribution in [-0.4, -0.2) is 0 Å². The van der Waals surface area contributed by atoms with E-state index < -0.39 is 0 Å². The normalized spacial score (nSPS) is 9.94. The predicted octanol–water partition coefficient (Wildman–Crippen LogP) is 4.67. The SMILES string of the molecule is Cc1cc(Sc2ccc(C#N)cc2)ccc1Cl. The van der Waals surface area contributed by atoms with Crippen molar-refractivity contribution in [1.82, 2.24) is 0 Å². The third kappa shape index (κ3) is 3.03. The van der Waals surface area contributed by atoms with Crippen molar-refractivity contribution in [2.75, 3.05) is 0 Å². The van der Waals surface area contributed by atoms with Crippen LogP contribution in [0, 0.1) is 18.3 Å². The van der Waals surface area contributed by atoms with Gasteiger partial charge in [-0.15, -0.1) is 0 Å². The summed E-state index contributed by atoms with van der Waals surface area (Å²) in [5.41, 5.74) is 1.76. The number of hydrogen-bond donors (Lipinski definition) is 0. The van der Waals surface area contributed by atoms with Crippen LogP contribution in [0.25, 0.3) is 0 Å². The molecule has 2 rings (SSSR count). The van der Waals surface area contributed by atoms with E-state index in [1.165, 1.54) is 0 Å². The lowest BCUT2D eigenvalue weighted by Crippen LogP contribution is -1.79. The van der Waals surface area contributed by atoms with Crippen LogP contribution >= 0.6 is 23.4 Å². The average molecular weight is 260 g/mol. The van der Waals surface area contributed by atoms with E-state index in [1.807, 2.05) is 43.3 Å². The molecule has 84 valence electrons. The molecule has 0 aliphatic rings. The topological polar surface area (TPSA) is 23.8 Å². The minimum Gasteiger partial charge on any atom is -0.192 e. The Labute approximate surface area is 110 Å². The first kappa shape index (κ1) is 12.0. The van der Waals surface area contributed by atoms with Gasteiger partial charge in [-0.1, -0.05) is 23.4 Å². The number of aryl methyl sites for hydroxylation is 1. The van der Waals surface area contributed by atoms with Gasteiger partial charge in [0.25, 0.3) is 0 Å². The van der Waals surface area contributed by atoms with E-state index in [9.17, 15) is 0 Å². The molecule has 1 nitrogen and oxygen atoms in total. The second kappa shape index (κ2) is 5.27. The summed E-state index contributed by atoms with van der Waals surface area (Å²) in [6, 6.07) is 15.6. The molecule has 0 aliphatic heterocycles. The molecular formula is C14H10ClNS. The molecular weight excluding hydrogens is 250 g/mol. The standard InChI is InChI=1S/C14H10ClNS/c1-10-8-13(6-7-14(10)15)17-12-4-2-11(9-16)3-5-12/h2-8H,1H3. The number of rotatable bonds is 2. The largest absolute Gasteiger partial charge is 0.192 e. The predicted molar refractivity (Wildman–Crippen MR) is 71.5 cm³/mol. The first-order valence-corrected chi connectivity index (χ1v) is 6.32. The first-order chi connectivity index (χ1) is 8.19. The van der Waals surface area contributed by atoms with Crippen LogP contribution in [0.2, 0.25) is 5.02 Å². The van der Waals surface area contributed by atoms with E-state index in [0.29, 0.717) is 5.56 Å². The lowest BCUT2D eigenvalue weighted by Gasteiger charge is -2.04. The molecule has 0 heterocycles. The Hall–Kier alpha value is -1.43. The Morgan fingerprint density at radius 1 is 1.06 bits per heavy atom. The average Bonchev–Trinajstić information content (AvgIpc) is 2.35. The van der Waals surface area contributed by atoms with E-state index >= 15 is 0 Å². The van der Waals surface area contributed by atoms with Crippen molar-refractivity contribution in [1.29, 1.82) is 5.26 Å². The van der Waals surface area contributed by atoms with E-state index in [-0.39, 0.29) is 0 Å². The van der Waals surface area contributed by atoms with E-state index in [4.69, 9.17) is 16.9 Å². The van der Waals surface area contributed by atoms with Gasteiger partial charge in [0.2, 0.25) is 0 Å². The molecule has 0 saturated heterocycles. The van der Waals surface area contributed by atoms with Gasteiger partial charge in [0.15, 0.2) is 0 Å². The number of benzene rings is 2. The van der Waals surface area contributed by atoms with Crippen molar-refractivity contribution < 1.29 is 0 Å². The quantitative estimate of drug-likeness (QED) is 0.782. The highest BCUT2D eigenvalue weighted by atomic mass is 35.5. The van der Waals surface area contributed by atoms with Crippen molar-refractivity contribution in [2.45, 2.75) is 16.7 Å². The maximum absolute atomic E-state index is 8.71. The summed E-state index contributed by atoms with van der Waals surface area (Å²) >= 11 is 7.64. The maximum Gasteiger partial charge on any atom is 0.0991 e. The Morgan fingerprint density at radius 2 is 1.71 bits per heavy atom. The molecule has 2 aromatic carbocycles. The highest BCUT2D eigenvalue weighted by molar-refractivity contribution is 7.99. The number of hydrogen-bond acceptors (Lipinski definition) is 2. The minimum absolute atomic E-state index is 0.682. The number of nitriles is 1. The van der Waals surface area contributed by atoms with Gasteiger partial charge in [-0.25, -0.2) is 0 Å². The monoisotopic (exact) mass is 259 g/mol. The zero-order chi connectivity index (χ0) is 12.3. The molecule has 0 N–H and O–H groups in total. The lowest BCUT2D eigenvalue weighted by molar-refractivity contribution is 1.34. The molecule has 0 amide bonds. The third-order valence-corrected chi connectivity index (χ3v) is 3.77. The van der Waals surface area contributed by atoms with Gasteiger partial charge < -0.3 is 0 Å². The third-order valence-electron chi connectivity index (χ3n) is 2.35. The molecule has 0 spiro atoms. The molecule has 17 heavy (non-hydrogen) atoms. The van der Waals surface area contributed by atoms with Crippen molar-refractivity contribution in [3.05, 3.63) is 58.6 Å². The fraction of sp³-hybridized carbons (Fsp3) is 0.0714. The number of nitrogens with zero attached hydrogens (tertiary/aromatic N) is 1. The molecule has 0 atom stereocenters. The van der Waals surface area contributed by atoms with Crippen LogP contribution in [0.3, 0.4) is 0 Å². The summed E-state index contributed by atoms with van der Waals surface area (Å²) in [6.45, 7) is 1.99. The van der Waals surface area contributed by atoms with Gasteiger partial charge in [0.05, 0.1) is 11.6 Å². The molecule has 0 bridgehead atoms. The first-order valence-electron chi connectivity index (χ1n) is 5.13. The van der Waals surface area contributed by atoms with Gasteiger partial charge in [0.1, 0.15) is 0 Å². The summed E-state index contributed by atoms with van der Waals surface area (Å²) in [7, 11) is 0. The highest BCUT2D eigenvalue weighted by Crippen LogP contribution is 2.30. The summed E-state index contributed by atoms with van der Waals surface area (Å²) < 4.78 is 0. The van der Waals surface area contributed by atoms with Crippen LogP contribution in [0.4, 0.5) is 0 Å². The van der Waals surface area contributed by atoms with Crippen LogP contribution < -0.4 is 0 Å². The summed E-state index contributed by atoms with van der Waals surface area (Å²) in [4.78, 5) is 2.27. The van der Waals surface area contributed by atoms with Crippen LogP contribution in [0.1, 0.15) is 11.1 Å². The van der Waals surface area contributed by atoms with Crippen molar-refractivity contribution in [2.24, 2.45) is 0 Å². The Balaban J connectivity index is 2.20. The van der Waals surface area contributed by atoms with E-state index in [2.05, 4.69) is 12.1 Å². The molecule has 0 radical (unpaired) electrons.